The summed E-state index contributed by atoms with van der Waals surface area (Å²) < 4.78 is 32.2. The summed E-state index contributed by atoms with van der Waals surface area (Å²) in [4.78, 5) is 15.2. The lowest BCUT2D eigenvalue weighted by atomic mass is 10.0. The van der Waals surface area contributed by atoms with Crippen LogP contribution >= 0.6 is 0 Å². The zero-order valence-electron chi connectivity index (χ0n) is 16.6. The molecule has 152 valence electrons. The standard InChI is InChI=1S/C24H21NO4S/c1-16-8-11-19(12-9-16)30(27,28)23(17-6-4-3-5-7-17)21-15-25-22-14-18(24(26)29-2)10-13-20(21)22/h3-15,23,25H,1-2H3. The number of benzene rings is 3. The first-order valence-corrected chi connectivity index (χ1v) is 11.0. The van der Waals surface area contributed by atoms with Crippen molar-refractivity contribution in [1.82, 2.24) is 4.98 Å². The lowest BCUT2D eigenvalue weighted by Gasteiger charge is -2.18. The van der Waals surface area contributed by atoms with Crippen LogP contribution in [0.3, 0.4) is 0 Å². The Labute approximate surface area is 175 Å². The molecule has 3 aromatic carbocycles. The maximum Gasteiger partial charge on any atom is 0.337 e. The molecule has 1 atom stereocenters. The summed E-state index contributed by atoms with van der Waals surface area (Å²) in [6.07, 6.45) is 1.70. The van der Waals surface area contributed by atoms with Crippen molar-refractivity contribution >= 4 is 26.7 Å². The Kier molecular flexibility index (Phi) is 5.18. The third kappa shape index (κ3) is 3.50. The second-order valence-corrected chi connectivity index (χ2v) is 9.18. The van der Waals surface area contributed by atoms with Gasteiger partial charge in [-0.15, -0.1) is 0 Å². The van der Waals surface area contributed by atoms with Gasteiger partial charge < -0.3 is 9.72 Å². The van der Waals surface area contributed by atoms with Gasteiger partial charge in [-0.1, -0.05) is 54.1 Å². The van der Waals surface area contributed by atoms with Gasteiger partial charge in [0.1, 0.15) is 5.25 Å². The fourth-order valence-electron chi connectivity index (χ4n) is 3.63. The smallest absolute Gasteiger partial charge is 0.337 e. The molecule has 0 aliphatic heterocycles. The molecule has 4 aromatic rings. The number of aromatic amines is 1. The molecular weight excluding hydrogens is 398 g/mol. The number of sulfone groups is 1. The molecule has 0 spiro atoms. The molecule has 1 aromatic heterocycles. The van der Waals surface area contributed by atoms with Crippen LogP contribution in [0.1, 0.15) is 32.3 Å². The Morgan fingerprint density at radius 2 is 1.67 bits per heavy atom. The molecule has 0 fully saturated rings. The number of hydrogen-bond donors (Lipinski definition) is 1. The summed E-state index contributed by atoms with van der Waals surface area (Å²) in [5.74, 6) is -0.445. The molecule has 0 amide bonds. The summed E-state index contributed by atoms with van der Waals surface area (Å²) in [6, 6.07) is 21.1. The van der Waals surface area contributed by atoms with Gasteiger partial charge in [-0.2, -0.15) is 0 Å². The van der Waals surface area contributed by atoms with Crippen LogP contribution in [0.2, 0.25) is 0 Å². The summed E-state index contributed by atoms with van der Waals surface area (Å²) in [5.41, 5.74) is 3.38. The number of aryl methyl sites for hydroxylation is 1. The summed E-state index contributed by atoms with van der Waals surface area (Å²) in [6.45, 7) is 1.92. The Hall–Kier alpha value is -3.38. The number of carbonyl (C=O) groups excluding carboxylic acids is 1. The summed E-state index contributed by atoms with van der Waals surface area (Å²) in [5, 5.41) is -0.147. The molecule has 0 radical (unpaired) electrons. The first-order chi connectivity index (χ1) is 14.4. The van der Waals surface area contributed by atoms with E-state index in [9.17, 15) is 13.2 Å². The zero-order chi connectivity index (χ0) is 21.3. The van der Waals surface area contributed by atoms with Gasteiger partial charge in [-0.3, -0.25) is 0 Å². The lowest BCUT2D eigenvalue weighted by Crippen LogP contribution is -2.15. The third-order valence-electron chi connectivity index (χ3n) is 5.18. The number of nitrogens with one attached hydrogen (secondary N) is 1. The van der Waals surface area contributed by atoms with Crippen LogP contribution in [0.15, 0.2) is 83.9 Å². The third-order valence-corrected chi connectivity index (χ3v) is 7.26. The van der Waals surface area contributed by atoms with E-state index in [1.165, 1.54) is 7.11 Å². The van der Waals surface area contributed by atoms with Crippen molar-refractivity contribution in [2.24, 2.45) is 0 Å². The fourth-order valence-corrected chi connectivity index (χ4v) is 5.46. The molecule has 0 bridgehead atoms. The molecule has 0 saturated carbocycles. The zero-order valence-corrected chi connectivity index (χ0v) is 17.4. The van der Waals surface area contributed by atoms with Crippen LogP contribution in [-0.4, -0.2) is 26.5 Å². The highest BCUT2D eigenvalue weighted by Crippen LogP contribution is 2.38. The van der Waals surface area contributed by atoms with E-state index in [4.69, 9.17) is 4.74 Å². The highest BCUT2D eigenvalue weighted by molar-refractivity contribution is 7.92. The second-order valence-electron chi connectivity index (χ2n) is 7.14. The maximum atomic E-state index is 13.7. The molecule has 0 aliphatic rings. The number of H-pyrrole nitrogens is 1. The monoisotopic (exact) mass is 419 g/mol. The predicted octanol–water partition coefficient (Wildman–Crippen LogP) is 4.83. The number of rotatable bonds is 5. The Morgan fingerprint density at radius 3 is 2.33 bits per heavy atom. The molecule has 6 heteroatoms. The number of ether oxygens (including phenoxy) is 1. The minimum absolute atomic E-state index is 0.266. The molecule has 5 nitrogen and oxygen atoms in total. The van der Waals surface area contributed by atoms with Crippen LogP contribution in [-0.2, 0) is 14.6 Å². The van der Waals surface area contributed by atoms with Crippen LogP contribution in [0.25, 0.3) is 10.9 Å². The van der Waals surface area contributed by atoms with Gasteiger partial charge in [0.15, 0.2) is 9.84 Å². The largest absolute Gasteiger partial charge is 0.465 e. The van der Waals surface area contributed by atoms with E-state index >= 15 is 0 Å². The number of methoxy groups -OCH3 is 1. The minimum atomic E-state index is -3.73. The Balaban J connectivity index is 1.91. The van der Waals surface area contributed by atoms with E-state index in [2.05, 4.69) is 4.98 Å². The normalized spacial score (nSPS) is 12.6. The summed E-state index contributed by atoms with van der Waals surface area (Å²) >= 11 is 0. The molecule has 1 heterocycles. The first kappa shape index (κ1) is 19.9. The molecular formula is C24H21NO4S. The number of carbonyl (C=O) groups is 1. The average Bonchev–Trinajstić information content (AvgIpc) is 3.17. The maximum absolute atomic E-state index is 13.7. The molecule has 0 saturated heterocycles. The highest BCUT2D eigenvalue weighted by atomic mass is 32.2. The van der Waals surface area contributed by atoms with E-state index in [1.54, 1.807) is 48.7 Å². The van der Waals surface area contributed by atoms with Gasteiger partial charge in [0, 0.05) is 22.7 Å². The van der Waals surface area contributed by atoms with Crippen LogP contribution < -0.4 is 0 Å². The van der Waals surface area contributed by atoms with Gasteiger partial charge in [-0.05, 0) is 36.8 Å². The van der Waals surface area contributed by atoms with E-state index in [-0.39, 0.29) is 4.90 Å². The fraction of sp³-hybridized carbons (Fsp3) is 0.125. The molecule has 1 N–H and O–H groups in total. The van der Waals surface area contributed by atoms with E-state index in [0.717, 1.165) is 10.9 Å². The quantitative estimate of drug-likeness (QED) is 0.470. The van der Waals surface area contributed by atoms with Crippen molar-refractivity contribution in [2.45, 2.75) is 17.1 Å². The molecule has 1 unspecified atom stereocenters. The highest BCUT2D eigenvalue weighted by Gasteiger charge is 2.32. The van der Waals surface area contributed by atoms with Crippen molar-refractivity contribution in [3.63, 3.8) is 0 Å². The first-order valence-electron chi connectivity index (χ1n) is 9.46. The van der Waals surface area contributed by atoms with Gasteiger partial charge >= 0.3 is 5.97 Å². The minimum Gasteiger partial charge on any atom is -0.465 e. The average molecular weight is 420 g/mol. The van der Waals surface area contributed by atoms with Gasteiger partial charge in [0.25, 0.3) is 0 Å². The van der Waals surface area contributed by atoms with Crippen LogP contribution in [0.4, 0.5) is 0 Å². The molecule has 30 heavy (non-hydrogen) atoms. The number of esters is 1. The van der Waals surface area contributed by atoms with Crippen molar-refractivity contribution in [2.75, 3.05) is 7.11 Å². The van der Waals surface area contributed by atoms with Crippen molar-refractivity contribution < 1.29 is 17.9 Å². The second kappa shape index (κ2) is 7.80. The number of aromatic nitrogens is 1. The van der Waals surface area contributed by atoms with Crippen LogP contribution in [0.5, 0.6) is 0 Å². The van der Waals surface area contributed by atoms with E-state index in [1.807, 2.05) is 37.3 Å². The SMILES string of the molecule is COC(=O)c1ccc2c(C(c3ccccc3)S(=O)(=O)c3ccc(C)cc3)c[nH]c2c1. The van der Waals surface area contributed by atoms with Crippen molar-refractivity contribution in [3.8, 4) is 0 Å². The lowest BCUT2D eigenvalue weighted by molar-refractivity contribution is 0.0601. The molecule has 0 aliphatic carbocycles. The van der Waals surface area contributed by atoms with Crippen molar-refractivity contribution in [3.05, 3.63) is 101 Å². The number of fused-ring (bicyclic) bond motifs is 1. The number of hydrogen-bond acceptors (Lipinski definition) is 4. The summed E-state index contributed by atoms with van der Waals surface area (Å²) in [7, 11) is -2.40. The van der Waals surface area contributed by atoms with E-state index in [0.29, 0.717) is 22.2 Å². The van der Waals surface area contributed by atoms with Crippen LogP contribution in [0, 0.1) is 6.92 Å². The van der Waals surface area contributed by atoms with E-state index < -0.39 is 21.1 Å². The predicted molar refractivity (Wildman–Crippen MR) is 116 cm³/mol. The Morgan fingerprint density at radius 1 is 0.967 bits per heavy atom. The van der Waals surface area contributed by atoms with Gasteiger partial charge in [0.2, 0.25) is 0 Å². The van der Waals surface area contributed by atoms with Crippen molar-refractivity contribution in [1.29, 1.82) is 0 Å². The molecule has 4 rings (SSSR count). The van der Waals surface area contributed by atoms with Gasteiger partial charge in [-0.25, -0.2) is 13.2 Å². The Bertz CT molecular complexity index is 1310. The van der Waals surface area contributed by atoms with Gasteiger partial charge in [0.05, 0.1) is 17.6 Å². The topological polar surface area (TPSA) is 76.2 Å².